The smallest absolute Gasteiger partial charge is 0.0589 e. The van der Waals surface area contributed by atoms with Gasteiger partial charge in [0.25, 0.3) is 0 Å². The van der Waals surface area contributed by atoms with Crippen LogP contribution < -0.4 is 15.6 Å². The fourth-order valence-corrected chi connectivity index (χ4v) is 3.68. The summed E-state index contributed by atoms with van der Waals surface area (Å²) in [5, 5.41) is 4.18. The monoisotopic (exact) mass is 389 g/mol. The molecule has 0 atom stereocenters. The highest BCUT2D eigenvalue weighted by Crippen LogP contribution is 2.26. The molecule has 0 fully saturated rings. The van der Waals surface area contributed by atoms with Gasteiger partial charge in [0, 0.05) is 6.20 Å². The second-order valence-corrected chi connectivity index (χ2v) is 7.29. The van der Waals surface area contributed by atoms with Crippen molar-refractivity contribution in [2.24, 2.45) is 0 Å². The Bertz CT molecular complexity index is 1120. The molecule has 146 valence electrons. The average molecular weight is 390 g/mol. The van der Waals surface area contributed by atoms with Gasteiger partial charge in [-0.3, -0.25) is 10.0 Å². The molecule has 0 unspecified atom stereocenters. The molecule has 0 aromatic heterocycles. The second kappa shape index (κ2) is 8.27. The van der Waals surface area contributed by atoms with E-state index in [1.807, 2.05) is 17.1 Å². The van der Waals surface area contributed by atoms with Gasteiger partial charge in [-0.05, 0) is 52.6 Å². The summed E-state index contributed by atoms with van der Waals surface area (Å²) in [4.78, 5) is 0. The Kier molecular flexibility index (Phi) is 5.03. The lowest BCUT2D eigenvalue weighted by Crippen LogP contribution is -2.50. The van der Waals surface area contributed by atoms with Crippen molar-refractivity contribution in [2.45, 2.75) is 0 Å². The minimum Gasteiger partial charge on any atom is -0.287 e. The molecule has 0 saturated heterocycles. The van der Waals surface area contributed by atoms with Crippen molar-refractivity contribution in [2.75, 3.05) is 16.6 Å². The van der Waals surface area contributed by atoms with E-state index in [0.29, 0.717) is 0 Å². The fourth-order valence-electron chi connectivity index (χ4n) is 3.68. The van der Waals surface area contributed by atoms with Gasteiger partial charge in [0.2, 0.25) is 0 Å². The molecule has 4 aromatic rings. The predicted octanol–water partition coefficient (Wildman–Crippen LogP) is 6.28. The van der Waals surface area contributed by atoms with Crippen molar-refractivity contribution in [3.8, 4) is 22.3 Å². The third kappa shape index (κ3) is 3.84. The van der Waals surface area contributed by atoms with Gasteiger partial charge in [-0.15, -0.1) is 5.53 Å². The van der Waals surface area contributed by atoms with Gasteiger partial charge in [0.05, 0.1) is 17.9 Å². The third-order valence-corrected chi connectivity index (χ3v) is 5.31. The summed E-state index contributed by atoms with van der Waals surface area (Å²) in [5.74, 6) is 0. The Morgan fingerprint density at radius 1 is 0.500 bits per heavy atom. The maximum absolute atomic E-state index is 3.48. The van der Waals surface area contributed by atoms with Crippen molar-refractivity contribution >= 4 is 11.4 Å². The average Bonchev–Trinajstić information content (AvgIpc) is 2.85. The number of hydrazine groups is 2. The molecule has 1 N–H and O–H groups in total. The molecule has 1 heterocycles. The van der Waals surface area contributed by atoms with Crippen LogP contribution in [-0.4, -0.2) is 6.54 Å². The first-order valence-electron chi connectivity index (χ1n) is 10.2. The fraction of sp³-hybridized carbons (Fsp3) is 0.0370. The zero-order valence-electron chi connectivity index (χ0n) is 16.6. The Morgan fingerprint density at radius 2 is 0.967 bits per heavy atom. The number of hydrogen-bond acceptors (Lipinski definition) is 3. The summed E-state index contributed by atoms with van der Waals surface area (Å²) in [6.07, 6.45) is 4.24. The first-order chi connectivity index (χ1) is 14.9. The van der Waals surface area contributed by atoms with E-state index < -0.39 is 0 Å². The third-order valence-electron chi connectivity index (χ3n) is 5.31. The number of nitrogens with one attached hydrogen (secondary N) is 1. The number of hydrogen-bond donors (Lipinski definition) is 1. The van der Waals surface area contributed by atoms with Gasteiger partial charge in [-0.1, -0.05) is 84.9 Å². The van der Waals surface area contributed by atoms with E-state index >= 15 is 0 Å². The van der Waals surface area contributed by atoms with Crippen LogP contribution in [0.5, 0.6) is 0 Å². The Morgan fingerprint density at radius 3 is 1.50 bits per heavy atom. The summed E-state index contributed by atoms with van der Waals surface area (Å²) in [5.41, 5.74) is 10.6. The van der Waals surface area contributed by atoms with Crippen molar-refractivity contribution in [3.63, 3.8) is 0 Å². The lowest BCUT2D eigenvalue weighted by Gasteiger charge is -2.35. The Labute approximate surface area is 177 Å². The molecule has 4 aromatic carbocycles. The van der Waals surface area contributed by atoms with E-state index in [2.05, 4.69) is 120 Å². The van der Waals surface area contributed by atoms with E-state index in [4.69, 9.17) is 0 Å². The first kappa shape index (κ1) is 18.2. The van der Waals surface area contributed by atoms with Crippen LogP contribution in [-0.2, 0) is 0 Å². The van der Waals surface area contributed by atoms with Crippen molar-refractivity contribution < 1.29 is 0 Å². The molecular formula is C27H23N3. The molecule has 1 aliphatic rings. The van der Waals surface area contributed by atoms with Gasteiger partial charge < -0.3 is 0 Å². The molecule has 0 bridgehead atoms. The van der Waals surface area contributed by atoms with E-state index in [9.17, 15) is 0 Å². The van der Waals surface area contributed by atoms with Crippen LogP contribution in [0.3, 0.4) is 0 Å². The predicted molar refractivity (Wildman–Crippen MR) is 126 cm³/mol. The Hall–Kier alpha value is -3.82. The maximum atomic E-state index is 3.48. The molecule has 3 nitrogen and oxygen atoms in total. The van der Waals surface area contributed by atoms with Crippen molar-refractivity contribution in [1.82, 2.24) is 5.53 Å². The number of nitrogens with zero attached hydrogens (tertiary/aromatic N) is 2. The molecule has 3 heteroatoms. The van der Waals surface area contributed by atoms with E-state index in [1.165, 1.54) is 22.3 Å². The maximum Gasteiger partial charge on any atom is 0.0589 e. The van der Waals surface area contributed by atoms with Crippen LogP contribution in [0.15, 0.2) is 121 Å². The zero-order chi connectivity index (χ0) is 20.2. The summed E-state index contributed by atoms with van der Waals surface area (Å²) < 4.78 is 0. The van der Waals surface area contributed by atoms with E-state index in [0.717, 1.165) is 17.9 Å². The topological polar surface area (TPSA) is 18.5 Å². The van der Waals surface area contributed by atoms with Crippen LogP contribution in [0, 0.1) is 0 Å². The zero-order valence-corrected chi connectivity index (χ0v) is 16.6. The Balaban J connectivity index is 1.31. The van der Waals surface area contributed by atoms with Crippen LogP contribution in [0.2, 0.25) is 0 Å². The molecule has 1 aliphatic heterocycles. The number of rotatable bonds is 4. The van der Waals surface area contributed by atoms with Crippen LogP contribution in [0.25, 0.3) is 22.3 Å². The number of benzene rings is 4. The molecular weight excluding hydrogens is 366 g/mol. The van der Waals surface area contributed by atoms with Gasteiger partial charge >= 0.3 is 0 Å². The molecule has 5 rings (SSSR count). The summed E-state index contributed by atoms with van der Waals surface area (Å²) >= 11 is 0. The van der Waals surface area contributed by atoms with E-state index in [1.54, 1.807) is 0 Å². The lowest BCUT2D eigenvalue weighted by molar-refractivity contribution is 0.638. The highest BCUT2D eigenvalue weighted by Gasteiger charge is 2.14. The van der Waals surface area contributed by atoms with Gasteiger partial charge in [0.1, 0.15) is 0 Å². The molecule has 0 aliphatic carbocycles. The molecule has 0 radical (unpaired) electrons. The minimum absolute atomic E-state index is 0.809. The molecule has 30 heavy (non-hydrogen) atoms. The largest absolute Gasteiger partial charge is 0.287 e. The van der Waals surface area contributed by atoms with Crippen LogP contribution >= 0.6 is 0 Å². The quantitative estimate of drug-likeness (QED) is 0.443. The van der Waals surface area contributed by atoms with Gasteiger partial charge in [-0.2, -0.15) is 0 Å². The minimum atomic E-state index is 0.809. The normalized spacial score (nSPS) is 13.5. The highest BCUT2D eigenvalue weighted by atomic mass is 15.8. The van der Waals surface area contributed by atoms with Crippen LogP contribution in [0.4, 0.5) is 11.4 Å². The summed E-state index contributed by atoms with van der Waals surface area (Å²) in [6.45, 7) is 0.809. The van der Waals surface area contributed by atoms with Gasteiger partial charge in [0.15, 0.2) is 0 Å². The number of anilines is 2. The highest BCUT2D eigenvalue weighted by molar-refractivity contribution is 5.68. The van der Waals surface area contributed by atoms with Crippen molar-refractivity contribution in [3.05, 3.63) is 121 Å². The molecule has 0 spiro atoms. The van der Waals surface area contributed by atoms with E-state index in [-0.39, 0.29) is 0 Å². The molecule has 0 amide bonds. The van der Waals surface area contributed by atoms with Gasteiger partial charge in [-0.25, -0.2) is 0 Å². The lowest BCUT2D eigenvalue weighted by atomic mass is 10.1. The molecule has 0 saturated carbocycles. The van der Waals surface area contributed by atoms with Crippen LogP contribution in [0.1, 0.15) is 0 Å². The SMILES string of the molecule is C1=CN(c2ccc(-c3ccccc3)cc2)NN(c2ccc(-c3ccccc3)cc2)C1. The first-order valence-corrected chi connectivity index (χ1v) is 10.2. The summed E-state index contributed by atoms with van der Waals surface area (Å²) in [6, 6.07) is 38.2. The standard InChI is InChI=1S/C27H23N3/c1-3-8-22(9-4-1)24-12-16-26(17-13-24)29-20-7-21-30(28-29)27-18-14-25(15-19-27)23-10-5-2-6-11-23/h1-20,28H,21H2. The summed E-state index contributed by atoms with van der Waals surface area (Å²) in [7, 11) is 0. The second-order valence-electron chi connectivity index (χ2n) is 7.29. The van der Waals surface area contributed by atoms with Crippen molar-refractivity contribution in [1.29, 1.82) is 0 Å².